The maximum atomic E-state index is 5.38. The zero-order valence-electron chi connectivity index (χ0n) is 11.2. The first kappa shape index (κ1) is 16.1. The summed E-state index contributed by atoms with van der Waals surface area (Å²) in [6.07, 6.45) is 0. The lowest BCUT2D eigenvalue weighted by Crippen LogP contribution is -2.34. The molecule has 0 fully saturated rings. The normalized spacial score (nSPS) is 11.3. The number of ether oxygens (including phenoxy) is 1. The van der Waals surface area contributed by atoms with Gasteiger partial charge >= 0.3 is 0 Å². The Hall–Kier alpha value is 0.0600. The molecule has 5 heteroatoms. The number of nitrogens with one attached hydrogen (secondary N) is 1. The number of halogens is 1. The highest BCUT2D eigenvalue weighted by Crippen LogP contribution is 2.19. The number of thiophene rings is 1. The van der Waals surface area contributed by atoms with Crippen molar-refractivity contribution in [1.29, 1.82) is 0 Å². The Labute approximate surface area is 123 Å². The van der Waals surface area contributed by atoms with Crippen LogP contribution in [0.3, 0.4) is 0 Å². The van der Waals surface area contributed by atoms with E-state index in [1.165, 1.54) is 9.35 Å². The van der Waals surface area contributed by atoms with Gasteiger partial charge in [0.1, 0.15) is 0 Å². The predicted octanol–water partition coefficient (Wildman–Crippen LogP) is 2.96. The summed E-state index contributed by atoms with van der Waals surface area (Å²) < 4.78 is 6.56. The molecule has 0 bridgehead atoms. The van der Waals surface area contributed by atoms with Crippen molar-refractivity contribution in [3.05, 3.63) is 20.8 Å². The summed E-state index contributed by atoms with van der Waals surface area (Å²) in [5.74, 6) is 0. The molecule has 0 spiro atoms. The summed E-state index contributed by atoms with van der Waals surface area (Å²) in [5.41, 5.74) is 0. The maximum absolute atomic E-state index is 5.38. The van der Waals surface area contributed by atoms with Crippen molar-refractivity contribution >= 4 is 27.3 Å². The fourth-order valence-corrected chi connectivity index (χ4v) is 3.08. The van der Waals surface area contributed by atoms with E-state index >= 15 is 0 Å². The first-order valence-electron chi connectivity index (χ1n) is 6.50. The van der Waals surface area contributed by atoms with Crippen molar-refractivity contribution in [2.24, 2.45) is 0 Å². The molecule has 0 atom stereocenters. The SMILES string of the molecule is CCOCCN(CC)CCNCc1cc(Br)cs1. The van der Waals surface area contributed by atoms with Gasteiger partial charge in [-0.05, 0) is 35.5 Å². The molecule has 1 heterocycles. The van der Waals surface area contributed by atoms with Crippen molar-refractivity contribution in [2.75, 3.05) is 39.4 Å². The Morgan fingerprint density at radius 1 is 1.39 bits per heavy atom. The second kappa shape index (κ2) is 9.92. The van der Waals surface area contributed by atoms with Crippen LogP contribution in [0.5, 0.6) is 0 Å². The third kappa shape index (κ3) is 6.85. The molecule has 1 aromatic rings. The van der Waals surface area contributed by atoms with E-state index in [1.807, 2.05) is 6.92 Å². The fraction of sp³-hybridized carbons (Fsp3) is 0.692. The second-order valence-corrected chi connectivity index (χ2v) is 5.95. The van der Waals surface area contributed by atoms with Gasteiger partial charge in [-0.1, -0.05) is 6.92 Å². The van der Waals surface area contributed by atoms with Crippen LogP contribution in [0.4, 0.5) is 0 Å². The topological polar surface area (TPSA) is 24.5 Å². The standard InChI is InChI=1S/C13H23BrN2OS/c1-3-16(7-8-17-4-2)6-5-15-10-13-9-12(14)11-18-13/h9,11,15H,3-8,10H2,1-2H3. The third-order valence-electron chi connectivity index (χ3n) is 2.73. The van der Waals surface area contributed by atoms with E-state index in [0.717, 1.165) is 45.9 Å². The summed E-state index contributed by atoms with van der Waals surface area (Å²) >= 11 is 5.26. The highest BCUT2D eigenvalue weighted by Gasteiger charge is 2.02. The predicted molar refractivity (Wildman–Crippen MR) is 82.3 cm³/mol. The quantitative estimate of drug-likeness (QED) is 0.666. The molecule has 0 radical (unpaired) electrons. The average Bonchev–Trinajstić information content (AvgIpc) is 2.78. The molecule has 1 rings (SSSR count). The monoisotopic (exact) mass is 334 g/mol. The van der Waals surface area contributed by atoms with Crippen LogP contribution in [0.1, 0.15) is 18.7 Å². The van der Waals surface area contributed by atoms with E-state index < -0.39 is 0 Å². The largest absolute Gasteiger partial charge is 0.380 e. The molecular weight excluding hydrogens is 312 g/mol. The van der Waals surface area contributed by atoms with E-state index in [0.29, 0.717) is 0 Å². The minimum absolute atomic E-state index is 0.809. The Bertz CT molecular complexity index is 320. The third-order valence-corrected chi connectivity index (χ3v) is 4.43. The van der Waals surface area contributed by atoms with Gasteiger partial charge in [0.25, 0.3) is 0 Å². The molecule has 0 aliphatic rings. The summed E-state index contributed by atoms with van der Waals surface area (Å²) in [4.78, 5) is 3.78. The molecule has 0 aliphatic heterocycles. The van der Waals surface area contributed by atoms with Gasteiger partial charge < -0.3 is 15.0 Å². The Kier molecular flexibility index (Phi) is 8.88. The lowest BCUT2D eigenvalue weighted by molar-refractivity contribution is 0.115. The smallest absolute Gasteiger partial charge is 0.0593 e. The Morgan fingerprint density at radius 3 is 2.83 bits per heavy atom. The summed E-state index contributed by atoms with van der Waals surface area (Å²) in [7, 11) is 0. The number of hydrogen-bond acceptors (Lipinski definition) is 4. The number of nitrogens with zero attached hydrogens (tertiary/aromatic N) is 1. The van der Waals surface area contributed by atoms with Crippen LogP contribution in [0.15, 0.2) is 15.9 Å². The van der Waals surface area contributed by atoms with Gasteiger partial charge in [0.05, 0.1) is 6.61 Å². The Balaban J connectivity index is 2.07. The molecule has 0 saturated heterocycles. The zero-order chi connectivity index (χ0) is 13.2. The van der Waals surface area contributed by atoms with Crippen LogP contribution < -0.4 is 5.32 Å². The molecule has 0 aromatic carbocycles. The zero-order valence-corrected chi connectivity index (χ0v) is 13.6. The first-order valence-corrected chi connectivity index (χ1v) is 8.17. The molecule has 0 unspecified atom stereocenters. The van der Waals surface area contributed by atoms with E-state index in [1.54, 1.807) is 11.3 Å². The van der Waals surface area contributed by atoms with Gasteiger partial charge in [-0.3, -0.25) is 0 Å². The van der Waals surface area contributed by atoms with Crippen LogP contribution in [-0.4, -0.2) is 44.3 Å². The highest BCUT2D eigenvalue weighted by atomic mass is 79.9. The molecule has 18 heavy (non-hydrogen) atoms. The van der Waals surface area contributed by atoms with E-state index in [2.05, 4.69) is 44.5 Å². The van der Waals surface area contributed by atoms with Gasteiger partial charge in [-0.2, -0.15) is 0 Å². The van der Waals surface area contributed by atoms with Gasteiger partial charge in [-0.25, -0.2) is 0 Å². The second-order valence-electron chi connectivity index (χ2n) is 4.04. The van der Waals surface area contributed by atoms with Crippen molar-refractivity contribution in [2.45, 2.75) is 20.4 Å². The van der Waals surface area contributed by atoms with E-state index in [9.17, 15) is 0 Å². The van der Waals surface area contributed by atoms with Crippen molar-refractivity contribution in [3.8, 4) is 0 Å². The molecule has 1 aromatic heterocycles. The van der Waals surface area contributed by atoms with Crippen LogP contribution in [0, 0.1) is 0 Å². The molecule has 1 N–H and O–H groups in total. The summed E-state index contributed by atoms with van der Waals surface area (Å²) in [6, 6.07) is 2.17. The lowest BCUT2D eigenvalue weighted by atomic mass is 10.4. The molecule has 0 amide bonds. The van der Waals surface area contributed by atoms with Gasteiger partial charge in [0, 0.05) is 47.5 Å². The van der Waals surface area contributed by atoms with Crippen molar-refractivity contribution < 1.29 is 4.74 Å². The maximum Gasteiger partial charge on any atom is 0.0593 e. The first-order chi connectivity index (χ1) is 8.76. The van der Waals surface area contributed by atoms with Gasteiger partial charge in [0.15, 0.2) is 0 Å². The van der Waals surface area contributed by atoms with E-state index in [4.69, 9.17) is 4.74 Å². The van der Waals surface area contributed by atoms with Crippen LogP contribution in [0.25, 0.3) is 0 Å². The molecule has 104 valence electrons. The van der Waals surface area contributed by atoms with Crippen LogP contribution in [-0.2, 0) is 11.3 Å². The number of rotatable bonds is 10. The molecule has 0 aliphatic carbocycles. The van der Waals surface area contributed by atoms with Crippen molar-refractivity contribution in [3.63, 3.8) is 0 Å². The lowest BCUT2D eigenvalue weighted by Gasteiger charge is -2.20. The Morgan fingerprint density at radius 2 is 2.22 bits per heavy atom. The minimum atomic E-state index is 0.809. The van der Waals surface area contributed by atoms with Crippen molar-refractivity contribution in [1.82, 2.24) is 10.2 Å². The minimum Gasteiger partial charge on any atom is -0.380 e. The summed E-state index contributed by atoms with van der Waals surface area (Å²) in [5, 5.41) is 5.60. The van der Waals surface area contributed by atoms with Gasteiger partial charge in [0.2, 0.25) is 0 Å². The number of hydrogen-bond donors (Lipinski definition) is 1. The molecular formula is C13H23BrN2OS. The van der Waals surface area contributed by atoms with Crippen LogP contribution >= 0.6 is 27.3 Å². The fourth-order valence-electron chi connectivity index (χ4n) is 1.66. The molecule has 3 nitrogen and oxygen atoms in total. The number of likely N-dealkylation sites (N-methyl/N-ethyl adjacent to an activating group) is 1. The average molecular weight is 335 g/mol. The highest BCUT2D eigenvalue weighted by molar-refractivity contribution is 9.10. The van der Waals surface area contributed by atoms with Crippen LogP contribution in [0.2, 0.25) is 0 Å². The summed E-state index contributed by atoms with van der Waals surface area (Å²) in [6.45, 7) is 11.0. The molecule has 0 saturated carbocycles. The van der Waals surface area contributed by atoms with Gasteiger partial charge in [-0.15, -0.1) is 11.3 Å². The van der Waals surface area contributed by atoms with E-state index in [-0.39, 0.29) is 0 Å².